The van der Waals surface area contributed by atoms with Crippen LogP contribution in [0.3, 0.4) is 0 Å². The number of hydrogen-bond donors (Lipinski definition) is 3. The van der Waals surface area contributed by atoms with Crippen molar-refractivity contribution in [2.75, 3.05) is 0 Å². The highest BCUT2D eigenvalue weighted by atomic mass is 16.4. The van der Waals surface area contributed by atoms with E-state index < -0.39 is 18.0 Å². The molecule has 0 aliphatic rings. The molecule has 1 unspecified atom stereocenters. The van der Waals surface area contributed by atoms with Gasteiger partial charge in [-0.25, -0.2) is 9.59 Å². The average Bonchev–Trinajstić information content (AvgIpc) is 1.99. The number of carboxylic acids is 1. The van der Waals surface area contributed by atoms with Crippen LogP contribution in [0.15, 0.2) is 0 Å². The second kappa shape index (κ2) is 6.27. The lowest BCUT2D eigenvalue weighted by molar-refractivity contribution is -0.139. The Morgan fingerprint density at radius 3 is 2.00 bits per heavy atom. The van der Waals surface area contributed by atoms with Gasteiger partial charge < -0.3 is 15.7 Å². The smallest absolute Gasteiger partial charge is 0.326 e. The van der Waals surface area contributed by atoms with E-state index in [0.29, 0.717) is 6.42 Å². The lowest BCUT2D eigenvalue weighted by Crippen LogP contribution is -2.48. The highest BCUT2D eigenvalue weighted by molar-refractivity contribution is 5.82. The topological polar surface area (TPSA) is 78.4 Å². The summed E-state index contributed by atoms with van der Waals surface area (Å²) in [5, 5.41) is 13.9. The number of nitrogens with one attached hydrogen (secondary N) is 2. The maximum Gasteiger partial charge on any atom is 0.326 e. The van der Waals surface area contributed by atoms with E-state index in [0.717, 1.165) is 0 Å². The number of carboxylic acid groups (broad SMARTS) is 1. The van der Waals surface area contributed by atoms with Crippen LogP contribution in [-0.2, 0) is 4.79 Å². The molecule has 5 heteroatoms. The van der Waals surface area contributed by atoms with Gasteiger partial charge in [-0.3, -0.25) is 0 Å². The third-order valence-electron chi connectivity index (χ3n) is 1.73. The Hall–Kier alpha value is -1.26. The van der Waals surface area contributed by atoms with E-state index in [2.05, 4.69) is 10.6 Å². The highest BCUT2D eigenvalue weighted by Crippen LogP contribution is 2.04. The third kappa shape index (κ3) is 6.76. The van der Waals surface area contributed by atoms with Crippen molar-refractivity contribution in [1.82, 2.24) is 10.6 Å². The molecule has 3 N–H and O–H groups in total. The summed E-state index contributed by atoms with van der Waals surface area (Å²) < 4.78 is 0. The third-order valence-corrected chi connectivity index (χ3v) is 1.73. The monoisotopic (exact) mass is 216 g/mol. The number of carbonyl (C=O) groups excluding carboxylic acids is 1. The van der Waals surface area contributed by atoms with Crippen molar-refractivity contribution in [3.8, 4) is 0 Å². The highest BCUT2D eigenvalue weighted by Gasteiger charge is 2.20. The Morgan fingerprint density at radius 1 is 1.13 bits per heavy atom. The number of aliphatic carboxylic acids is 1. The van der Waals surface area contributed by atoms with Crippen molar-refractivity contribution in [1.29, 1.82) is 0 Å². The average molecular weight is 216 g/mol. The van der Waals surface area contributed by atoms with Crippen LogP contribution < -0.4 is 10.6 Å². The lowest BCUT2D eigenvalue weighted by Gasteiger charge is -2.17. The zero-order valence-electron chi connectivity index (χ0n) is 9.70. The van der Waals surface area contributed by atoms with Crippen LogP contribution in [-0.4, -0.2) is 29.2 Å². The van der Waals surface area contributed by atoms with Crippen molar-refractivity contribution < 1.29 is 14.7 Å². The minimum absolute atomic E-state index is 0.00139. The van der Waals surface area contributed by atoms with Gasteiger partial charge in [-0.15, -0.1) is 0 Å². The van der Waals surface area contributed by atoms with Gasteiger partial charge in [0.1, 0.15) is 6.04 Å². The molecule has 0 rings (SSSR count). The van der Waals surface area contributed by atoms with Gasteiger partial charge in [0.25, 0.3) is 0 Å². The predicted octanol–water partition coefficient (Wildman–Crippen LogP) is 1.19. The molecular weight excluding hydrogens is 196 g/mol. The van der Waals surface area contributed by atoms with E-state index >= 15 is 0 Å². The van der Waals surface area contributed by atoms with Crippen molar-refractivity contribution in [3.63, 3.8) is 0 Å². The van der Waals surface area contributed by atoms with Gasteiger partial charge in [0, 0.05) is 6.04 Å². The molecule has 5 nitrogen and oxygen atoms in total. The largest absolute Gasteiger partial charge is 0.480 e. The Kier molecular flexibility index (Phi) is 5.74. The molecule has 0 aliphatic carbocycles. The molecule has 1 atom stereocenters. The summed E-state index contributed by atoms with van der Waals surface area (Å²) >= 11 is 0. The van der Waals surface area contributed by atoms with Crippen LogP contribution >= 0.6 is 0 Å². The molecule has 0 fully saturated rings. The van der Waals surface area contributed by atoms with E-state index in [1.807, 2.05) is 27.7 Å². The molecule has 0 aromatic carbocycles. The first kappa shape index (κ1) is 13.7. The molecule has 15 heavy (non-hydrogen) atoms. The first-order valence-electron chi connectivity index (χ1n) is 5.12. The Morgan fingerprint density at radius 2 is 1.67 bits per heavy atom. The minimum Gasteiger partial charge on any atom is -0.480 e. The number of hydrogen-bond acceptors (Lipinski definition) is 2. The van der Waals surface area contributed by atoms with Gasteiger partial charge in [0.15, 0.2) is 0 Å². The van der Waals surface area contributed by atoms with E-state index in [1.54, 1.807) is 0 Å². The summed E-state index contributed by atoms with van der Waals surface area (Å²) in [5.41, 5.74) is 0. The fourth-order valence-electron chi connectivity index (χ4n) is 1.15. The Bertz CT molecular complexity index is 227. The number of amides is 2. The van der Waals surface area contributed by atoms with Crippen LogP contribution in [0.2, 0.25) is 0 Å². The Balaban J connectivity index is 4.16. The molecule has 0 saturated carbocycles. The predicted molar refractivity (Wildman–Crippen MR) is 57.7 cm³/mol. The van der Waals surface area contributed by atoms with E-state index in [4.69, 9.17) is 5.11 Å². The van der Waals surface area contributed by atoms with Gasteiger partial charge in [-0.1, -0.05) is 13.8 Å². The first-order valence-corrected chi connectivity index (χ1v) is 5.12. The summed E-state index contributed by atoms with van der Waals surface area (Å²) in [5.74, 6) is -0.770. The summed E-state index contributed by atoms with van der Waals surface area (Å²) in [6.45, 7) is 7.46. The lowest BCUT2D eigenvalue weighted by atomic mass is 10.0. The second-order valence-electron chi connectivity index (χ2n) is 4.29. The molecule has 0 bridgehead atoms. The SMILES string of the molecule is CC(C)CC(NC(=O)NC(C)C)C(=O)O. The van der Waals surface area contributed by atoms with Gasteiger partial charge >= 0.3 is 12.0 Å². The number of rotatable bonds is 5. The van der Waals surface area contributed by atoms with Crippen molar-refractivity contribution in [2.45, 2.75) is 46.2 Å². The standard InChI is InChI=1S/C10H20N2O3/c1-6(2)5-8(9(13)14)12-10(15)11-7(3)4/h6-8H,5H2,1-4H3,(H,13,14)(H2,11,12,15). The van der Waals surface area contributed by atoms with Crippen molar-refractivity contribution in [2.24, 2.45) is 5.92 Å². The quantitative estimate of drug-likeness (QED) is 0.646. The van der Waals surface area contributed by atoms with Crippen molar-refractivity contribution in [3.05, 3.63) is 0 Å². The van der Waals surface area contributed by atoms with Gasteiger partial charge in [0.05, 0.1) is 0 Å². The molecule has 0 aromatic heterocycles. The minimum atomic E-state index is -0.998. The van der Waals surface area contributed by atoms with Gasteiger partial charge in [0.2, 0.25) is 0 Å². The molecule has 0 aliphatic heterocycles. The van der Waals surface area contributed by atoms with Gasteiger partial charge in [-0.05, 0) is 26.2 Å². The van der Waals surface area contributed by atoms with Gasteiger partial charge in [-0.2, -0.15) is 0 Å². The van der Waals surface area contributed by atoms with Crippen LogP contribution in [0.5, 0.6) is 0 Å². The summed E-state index contributed by atoms with van der Waals surface area (Å²) in [6, 6.07) is -1.25. The molecule has 0 spiro atoms. The molecule has 0 heterocycles. The molecular formula is C10H20N2O3. The van der Waals surface area contributed by atoms with Crippen LogP contribution in [0.4, 0.5) is 4.79 Å². The maximum absolute atomic E-state index is 11.3. The van der Waals surface area contributed by atoms with E-state index in [9.17, 15) is 9.59 Å². The van der Waals surface area contributed by atoms with Crippen LogP contribution in [0, 0.1) is 5.92 Å². The zero-order chi connectivity index (χ0) is 12.0. The fourth-order valence-corrected chi connectivity index (χ4v) is 1.15. The maximum atomic E-state index is 11.3. The summed E-state index contributed by atoms with van der Waals surface area (Å²) in [7, 11) is 0. The molecule has 0 saturated heterocycles. The fraction of sp³-hybridized carbons (Fsp3) is 0.800. The zero-order valence-corrected chi connectivity index (χ0v) is 9.70. The summed E-state index contributed by atoms with van der Waals surface area (Å²) in [4.78, 5) is 22.1. The molecule has 0 aromatic rings. The van der Waals surface area contributed by atoms with E-state index in [-0.39, 0.29) is 12.0 Å². The van der Waals surface area contributed by atoms with Crippen LogP contribution in [0.25, 0.3) is 0 Å². The molecule has 88 valence electrons. The number of urea groups is 1. The summed E-state index contributed by atoms with van der Waals surface area (Å²) in [6.07, 6.45) is 0.431. The first-order chi connectivity index (χ1) is 6.82. The molecule has 0 radical (unpaired) electrons. The molecule has 2 amide bonds. The number of carbonyl (C=O) groups is 2. The Labute approximate surface area is 90.2 Å². The van der Waals surface area contributed by atoms with Crippen LogP contribution in [0.1, 0.15) is 34.1 Å². The second-order valence-corrected chi connectivity index (χ2v) is 4.29. The van der Waals surface area contributed by atoms with Crippen molar-refractivity contribution >= 4 is 12.0 Å². The normalized spacial score (nSPS) is 12.7. The van der Waals surface area contributed by atoms with E-state index in [1.165, 1.54) is 0 Å².